The van der Waals surface area contributed by atoms with Crippen LogP contribution in [-0.4, -0.2) is 12.5 Å². The standard InChI is InChI=1S/C21H18ClNO2S/c22-18-4-2-15(3-5-18)21(17-8-10-26-13-17)23-20(24)12-14-1-6-19-16(11-14)7-9-25-19/h1-6,8,10-11,13,21H,7,9,12H2,(H,23,24). The first-order valence-electron chi connectivity index (χ1n) is 8.50. The topological polar surface area (TPSA) is 38.3 Å². The summed E-state index contributed by atoms with van der Waals surface area (Å²) < 4.78 is 5.53. The van der Waals surface area contributed by atoms with E-state index in [-0.39, 0.29) is 11.9 Å². The van der Waals surface area contributed by atoms with E-state index in [0.29, 0.717) is 11.4 Å². The SMILES string of the molecule is O=C(Cc1ccc2c(c1)CCO2)NC(c1ccc(Cl)cc1)c1ccsc1. The number of thiophene rings is 1. The van der Waals surface area contributed by atoms with Crippen LogP contribution in [0.1, 0.15) is 28.3 Å². The number of fused-ring (bicyclic) bond motifs is 1. The molecule has 0 spiro atoms. The summed E-state index contributed by atoms with van der Waals surface area (Å²) in [5.74, 6) is 0.932. The minimum Gasteiger partial charge on any atom is -0.493 e. The molecule has 0 bridgehead atoms. The predicted molar refractivity (Wildman–Crippen MR) is 105 cm³/mol. The fourth-order valence-electron chi connectivity index (χ4n) is 3.20. The zero-order valence-corrected chi connectivity index (χ0v) is 15.6. The van der Waals surface area contributed by atoms with Gasteiger partial charge in [0.15, 0.2) is 0 Å². The molecule has 4 rings (SSSR count). The van der Waals surface area contributed by atoms with E-state index in [2.05, 4.69) is 16.8 Å². The lowest BCUT2D eigenvalue weighted by Gasteiger charge is -2.19. The Kier molecular flexibility index (Phi) is 4.96. The number of carbonyl (C=O) groups excluding carboxylic acids is 1. The van der Waals surface area contributed by atoms with Crippen molar-refractivity contribution >= 4 is 28.8 Å². The van der Waals surface area contributed by atoms with Crippen molar-refractivity contribution in [2.24, 2.45) is 0 Å². The average Bonchev–Trinajstić information content (AvgIpc) is 3.32. The molecule has 0 saturated carbocycles. The number of rotatable bonds is 5. The van der Waals surface area contributed by atoms with E-state index < -0.39 is 0 Å². The average molecular weight is 384 g/mol. The van der Waals surface area contributed by atoms with Crippen molar-refractivity contribution < 1.29 is 9.53 Å². The molecular formula is C21H18ClNO2S. The van der Waals surface area contributed by atoms with Gasteiger partial charge in [-0.3, -0.25) is 4.79 Å². The Bertz CT molecular complexity index is 906. The molecule has 1 aliphatic heterocycles. The first kappa shape index (κ1) is 17.1. The quantitative estimate of drug-likeness (QED) is 0.688. The summed E-state index contributed by atoms with van der Waals surface area (Å²) in [4.78, 5) is 12.7. The van der Waals surface area contributed by atoms with Gasteiger partial charge in [-0.25, -0.2) is 0 Å². The number of hydrogen-bond donors (Lipinski definition) is 1. The maximum atomic E-state index is 12.7. The highest BCUT2D eigenvalue weighted by Gasteiger charge is 2.19. The molecule has 0 aliphatic carbocycles. The number of nitrogens with one attached hydrogen (secondary N) is 1. The second kappa shape index (κ2) is 7.52. The molecule has 3 aromatic rings. The summed E-state index contributed by atoms with van der Waals surface area (Å²) in [5.41, 5.74) is 4.28. The van der Waals surface area contributed by atoms with Gasteiger partial charge in [0, 0.05) is 11.4 Å². The molecule has 0 fully saturated rings. The van der Waals surface area contributed by atoms with Gasteiger partial charge < -0.3 is 10.1 Å². The van der Waals surface area contributed by atoms with E-state index in [0.717, 1.165) is 35.5 Å². The highest BCUT2D eigenvalue weighted by atomic mass is 35.5. The summed E-state index contributed by atoms with van der Waals surface area (Å²) >= 11 is 7.62. The minimum atomic E-state index is -0.177. The van der Waals surface area contributed by atoms with Crippen LogP contribution >= 0.6 is 22.9 Å². The van der Waals surface area contributed by atoms with Gasteiger partial charge in [-0.1, -0.05) is 35.9 Å². The van der Waals surface area contributed by atoms with Crippen molar-refractivity contribution in [2.45, 2.75) is 18.9 Å². The second-order valence-corrected chi connectivity index (χ2v) is 7.54. The number of carbonyl (C=O) groups is 1. The van der Waals surface area contributed by atoms with Crippen LogP contribution in [0.25, 0.3) is 0 Å². The molecule has 1 aromatic heterocycles. The lowest BCUT2D eigenvalue weighted by atomic mass is 10.0. The van der Waals surface area contributed by atoms with E-state index in [1.165, 1.54) is 5.56 Å². The van der Waals surface area contributed by atoms with E-state index in [9.17, 15) is 4.79 Å². The largest absolute Gasteiger partial charge is 0.493 e. The molecule has 2 heterocycles. The normalized spacial score (nSPS) is 13.7. The third-order valence-electron chi connectivity index (χ3n) is 4.50. The Balaban J connectivity index is 1.52. The van der Waals surface area contributed by atoms with Gasteiger partial charge in [-0.2, -0.15) is 11.3 Å². The van der Waals surface area contributed by atoms with Crippen LogP contribution < -0.4 is 10.1 Å². The van der Waals surface area contributed by atoms with Gasteiger partial charge in [-0.05, 0) is 57.3 Å². The van der Waals surface area contributed by atoms with Gasteiger partial charge in [0.05, 0.1) is 19.1 Å². The van der Waals surface area contributed by atoms with Crippen LogP contribution in [0.3, 0.4) is 0 Å². The van der Waals surface area contributed by atoms with Crippen LogP contribution in [0.15, 0.2) is 59.3 Å². The molecule has 2 aromatic carbocycles. The number of halogens is 1. The summed E-state index contributed by atoms with van der Waals surface area (Å²) in [7, 11) is 0. The van der Waals surface area contributed by atoms with Crippen LogP contribution in [-0.2, 0) is 17.6 Å². The summed E-state index contributed by atoms with van der Waals surface area (Å²) in [5, 5.41) is 7.93. The molecule has 1 atom stereocenters. The molecule has 3 nitrogen and oxygen atoms in total. The van der Waals surface area contributed by atoms with Crippen molar-refractivity contribution in [3.8, 4) is 5.75 Å². The smallest absolute Gasteiger partial charge is 0.225 e. The van der Waals surface area contributed by atoms with Gasteiger partial charge in [0.25, 0.3) is 0 Å². The molecule has 0 saturated heterocycles. The number of benzene rings is 2. The van der Waals surface area contributed by atoms with Crippen LogP contribution in [0.4, 0.5) is 0 Å². The lowest BCUT2D eigenvalue weighted by molar-refractivity contribution is -0.120. The van der Waals surface area contributed by atoms with E-state index in [4.69, 9.17) is 16.3 Å². The fourth-order valence-corrected chi connectivity index (χ4v) is 4.01. The molecule has 1 amide bonds. The number of ether oxygens (including phenoxy) is 1. The molecular weight excluding hydrogens is 366 g/mol. The molecule has 0 radical (unpaired) electrons. The first-order chi connectivity index (χ1) is 12.7. The molecule has 1 unspecified atom stereocenters. The van der Waals surface area contributed by atoms with Crippen LogP contribution in [0.2, 0.25) is 5.02 Å². The summed E-state index contributed by atoms with van der Waals surface area (Å²) in [6.45, 7) is 0.724. The van der Waals surface area contributed by atoms with E-state index in [1.807, 2.05) is 47.8 Å². The van der Waals surface area contributed by atoms with Gasteiger partial charge in [-0.15, -0.1) is 0 Å². The van der Waals surface area contributed by atoms with Gasteiger partial charge in [0.2, 0.25) is 5.91 Å². The van der Waals surface area contributed by atoms with Crippen molar-refractivity contribution in [2.75, 3.05) is 6.61 Å². The second-order valence-electron chi connectivity index (χ2n) is 6.33. The Morgan fingerprint density at radius 1 is 1.15 bits per heavy atom. The van der Waals surface area contributed by atoms with Gasteiger partial charge in [0.1, 0.15) is 5.75 Å². The Labute approximate surface area is 161 Å². The van der Waals surface area contributed by atoms with E-state index in [1.54, 1.807) is 11.3 Å². The van der Waals surface area contributed by atoms with Crippen molar-refractivity contribution in [1.82, 2.24) is 5.32 Å². The minimum absolute atomic E-state index is 0.00462. The van der Waals surface area contributed by atoms with Crippen LogP contribution in [0, 0.1) is 0 Å². The summed E-state index contributed by atoms with van der Waals surface area (Å²) in [6.07, 6.45) is 1.26. The number of amides is 1. The molecule has 1 N–H and O–H groups in total. The highest BCUT2D eigenvalue weighted by Crippen LogP contribution is 2.27. The lowest BCUT2D eigenvalue weighted by Crippen LogP contribution is -2.30. The molecule has 1 aliphatic rings. The monoisotopic (exact) mass is 383 g/mol. The Morgan fingerprint density at radius 3 is 2.77 bits per heavy atom. The van der Waals surface area contributed by atoms with Crippen molar-refractivity contribution in [3.63, 3.8) is 0 Å². The highest BCUT2D eigenvalue weighted by molar-refractivity contribution is 7.08. The van der Waals surface area contributed by atoms with Crippen LogP contribution in [0.5, 0.6) is 5.75 Å². The Morgan fingerprint density at radius 2 is 2.00 bits per heavy atom. The summed E-state index contributed by atoms with van der Waals surface area (Å²) in [6, 6.07) is 15.5. The predicted octanol–water partition coefficient (Wildman–Crippen LogP) is 4.78. The number of hydrogen-bond acceptors (Lipinski definition) is 3. The first-order valence-corrected chi connectivity index (χ1v) is 9.82. The molecule has 132 valence electrons. The maximum Gasteiger partial charge on any atom is 0.225 e. The van der Waals surface area contributed by atoms with E-state index >= 15 is 0 Å². The zero-order chi connectivity index (χ0) is 17.9. The fraction of sp³-hybridized carbons (Fsp3) is 0.190. The Hall–Kier alpha value is -2.30. The third kappa shape index (κ3) is 3.76. The van der Waals surface area contributed by atoms with Gasteiger partial charge >= 0.3 is 0 Å². The molecule has 5 heteroatoms. The molecule has 26 heavy (non-hydrogen) atoms. The van der Waals surface area contributed by atoms with Crippen molar-refractivity contribution in [1.29, 1.82) is 0 Å². The van der Waals surface area contributed by atoms with Crippen molar-refractivity contribution in [3.05, 3.63) is 86.6 Å². The third-order valence-corrected chi connectivity index (χ3v) is 5.46. The zero-order valence-electron chi connectivity index (χ0n) is 14.1. The maximum absolute atomic E-state index is 12.7.